The van der Waals surface area contributed by atoms with E-state index in [2.05, 4.69) is 71.3 Å². The Balaban J connectivity index is 1.66. The normalized spacial score (nSPS) is 20.6. The van der Waals surface area contributed by atoms with Gasteiger partial charge in [0.1, 0.15) is 0 Å². The van der Waals surface area contributed by atoms with E-state index >= 15 is 0 Å². The molecule has 0 aliphatic carbocycles. The minimum absolute atomic E-state index is 0.488. The van der Waals surface area contributed by atoms with Gasteiger partial charge in [-0.3, -0.25) is 4.90 Å². The molecule has 0 amide bonds. The number of nitrogens with zero attached hydrogens (tertiary/aromatic N) is 2. The van der Waals surface area contributed by atoms with Gasteiger partial charge in [0.25, 0.3) is 0 Å². The zero-order chi connectivity index (χ0) is 20.5. The van der Waals surface area contributed by atoms with Crippen molar-refractivity contribution in [2.45, 2.75) is 39.0 Å². The summed E-state index contributed by atoms with van der Waals surface area (Å²) >= 11 is 1.87. The van der Waals surface area contributed by atoms with Gasteiger partial charge in [-0.1, -0.05) is 30.3 Å². The van der Waals surface area contributed by atoms with Crippen LogP contribution >= 0.6 is 11.3 Å². The molecule has 3 rings (SSSR count). The lowest BCUT2D eigenvalue weighted by Gasteiger charge is -2.39. The zero-order valence-corrected chi connectivity index (χ0v) is 18.7. The summed E-state index contributed by atoms with van der Waals surface area (Å²) in [6.07, 6.45) is 2.50. The van der Waals surface area contributed by atoms with Crippen LogP contribution in [0.3, 0.4) is 0 Å². The SMILES string of the molecule is CCNC(=NCc1ccccc1COC)NCC1CCCN(C)C1c1cccs1. The molecule has 1 aliphatic rings. The Bertz CT molecular complexity index is 762. The number of guanidine groups is 1. The van der Waals surface area contributed by atoms with E-state index in [9.17, 15) is 0 Å². The summed E-state index contributed by atoms with van der Waals surface area (Å²) in [5, 5.41) is 9.20. The molecular weight excluding hydrogens is 380 g/mol. The summed E-state index contributed by atoms with van der Waals surface area (Å²) in [7, 11) is 3.99. The number of nitrogens with one attached hydrogen (secondary N) is 2. The molecule has 0 saturated carbocycles. The lowest BCUT2D eigenvalue weighted by Crippen LogP contribution is -2.44. The van der Waals surface area contributed by atoms with Gasteiger partial charge in [-0.25, -0.2) is 4.99 Å². The van der Waals surface area contributed by atoms with Gasteiger partial charge in [-0.2, -0.15) is 0 Å². The lowest BCUT2D eigenvalue weighted by atomic mass is 9.88. The highest BCUT2D eigenvalue weighted by atomic mass is 32.1. The summed E-state index contributed by atoms with van der Waals surface area (Å²) in [4.78, 5) is 8.82. The fourth-order valence-electron chi connectivity index (χ4n) is 4.12. The number of thiophene rings is 1. The highest BCUT2D eigenvalue weighted by Gasteiger charge is 2.31. The third kappa shape index (κ3) is 6.04. The van der Waals surface area contributed by atoms with Crippen LogP contribution in [0.25, 0.3) is 0 Å². The second-order valence-electron chi connectivity index (χ2n) is 7.62. The Morgan fingerprint density at radius 1 is 1.21 bits per heavy atom. The summed E-state index contributed by atoms with van der Waals surface area (Å²) in [6.45, 7) is 6.33. The van der Waals surface area contributed by atoms with Crippen molar-refractivity contribution in [1.29, 1.82) is 0 Å². The molecular formula is C23H34N4OS. The molecule has 1 aromatic carbocycles. The highest BCUT2D eigenvalue weighted by molar-refractivity contribution is 7.10. The Labute approximate surface area is 179 Å². The van der Waals surface area contributed by atoms with Gasteiger partial charge < -0.3 is 15.4 Å². The zero-order valence-electron chi connectivity index (χ0n) is 17.9. The number of hydrogen-bond acceptors (Lipinski definition) is 4. The predicted molar refractivity (Wildman–Crippen MR) is 122 cm³/mol. The van der Waals surface area contributed by atoms with E-state index in [1.54, 1.807) is 7.11 Å². The van der Waals surface area contributed by atoms with Crippen molar-refractivity contribution in [2.24, 2.45) is 10.9 Å². The van der Waals surface area contributed by atoms with Crippen LogP contribution in [0.2, 0.25) is 0 Å². The maximum atomic E-state index is 5.32. The lowest BCUT2D eigenvalue weighted by molar-refractivity contribution is 0.125. The molecule has 1 aromatic heterocycles. The van der Waals surface area contributed by atoms with Crippen LogP contribution in [-0.4, -0.2) is 44.7 Å². The molecule has 5 nitrogen and oxygen atoms in total. The third-order valence-electron chi connectivity index (χ3n) is 5.54. The Morgan fingerprint density at radius 2 is 2.03 bits per heavy atom. The van der Waals surface area contributed by atoms with Gasteiger partial charge in [0.05, 0.1) is 13.2 Å². The number of methoxy groups -OCH3 is 1. The number of hydrogen-bond donors (Lipinski definition) is 2. The first-order chi connectivity index (χ1) is 14.2. The molecule has 2 heterocycles. The molecule has 29 heavy (non-hydrogen) atoms. The molecule has 158 valence electrons. The molecule has 6 heteroatoms. The van der Waals surface area contributed by atoms with Crippen molar-refractivity contribution in [3.8, 4) is 0 Å². The van der Waals surface area contributed by atoms with Crippen molar-refractivity contribution < 1.29 is 4.74 Å². The van der Waals surface area contributed by atoms with Crippen LogP contribution in [0.1, 0.15) is 41.8 Å². The second kappa shape index (κ2) is 11.3. The van der Waals surface area contributed by atoms with Crippen LogP contribution in [0.5, 0.6) is 0 Å². The van der Waals surface area contributed by atoms with E-state index in [4.69, 9.17) is 9.73 Å². The Kier molecular flexibility index (Phi) is 8.52. The van der Waals surface area contributed by atoms with Gasteiger partial charge in [0, 0.05) is 31.1 Å². The van der Waals surface area contributed by atoms with E-state index in [1.165, 1.54) is 35.4 Å². The Morgan fingerprint density at radius 3 is 2.76 bits per heavy atom. The average Bonchev–Trinajstić information content (AvgIpc) is 3.25. The summed E-state index contributed by atoms with van der Waals surface area (Å²) < 4.78 is 5.32. The minimum Gasteiger partial charge on any atom is -0.380 e. The molecule has 1 saturated heterocycles. The predicted octanol–water partition coefficient (Wildman–Crippen LogP) is 4.03. The largest absolute Gasteiger partial charge is 0.380 e. The van der Waals surface area contributed by atoms with Crippen LogP contribution in [-0.2, 0) is 17.9 Å². The first kappa shape index (κ1) is 21.8. The molecule has 2 atom stereocenters. The number of likely N-dealkylation sites (tertiary alicyclic amines) is 1. The fraction of sp³-hybridized carbons (Fsp3) is 0.522. The van der Waals surface area contributed by atoms with Crippen LogP contribution in [0.4, 0.5) is 0 Å². The molecule has 1 fully saturated rings. The molecule has 1 aliphatic heterocycles. The van der Waals surface area contributed by atoms with Crippen LogP contribution in [0.15, 0.2) is 46.8 Å². The van der Waals surface area contributed by atoms with Crippen molar-refractivity contribution in [2.75, 3.05) is 33.8 Å². The van der Waals surface area contributed by atoms with E-state index in [-0.39, 0.29) is 0 Å². The standard InChI is InChI=1S/C23H34N4OS/c1-4-24-23(25-15-18-9-5-6-10-20(18)17-28-3)26-16-19-11-7-13-27(2)22(19)21-12-8-14-29-21/h5-6,8-10,12,14,19,22H,4,7,11,13,15-17H2,1-3H3,(H2,24,25,26). The van der Waals surface area contributed by atoms with Gasteiger partial charge in [0.2, 0.25) is 0 Å². The van der Waals surface area contributed by atoms with E-state index in [1.807, 2.05) is 11.3 Å². The van der Waals surface area contributed by atoms with Crippen molar-refractivity contribution in [3.63, 3.8) is 0 Å². The monoisotopic (exact) mass is 414 g/mol. The fourth-order valence-corrected chi connectivity index (χ4v) is 5.11. The maximum absolute atomic E-state index is 5.32. The molecule has 2 N–H and O–H groups in total. The van der Waals surface area contributed by atoms with Crippen LogP contribution in [0, 0.1) is 5.92 Å². The first-order valence-electron chi connectivity index (χ1n) is 10.5. The summed E-state index contributed by atoms with van der Waals surface area (Å²) in [5.41, 5.74) is 2.40. The molecule has 0 spiro atoms. The van der Waals surface area contributed by atoms with Crippen LogP contribution < -0.4 is 10.6 Å². The smallest absolute Gasteiger partial charge is 0.191 e. The number of benzene rings is 1. The van der Waals surface area contributed by atoms with Gasteiger partial charge in [-0.05, 0) is 61.8 Å². The van der Waals surface area contributed by atoms with Gasteiger partial charge in [-0.15, -0.1) is 11.3 Å². The van der Waals surface area contributed by atoms with E-state index in [0.717, 1.165) is 19.0 Å². The summed E-state index contributed by atoms with van der Waals surface area (Å²) in [6, 6.07) is 13.3. The molecule has 2 aromatic rings. The first-order valence-corrected chi connectivity index (χ1v) is 11.4. The molecule has 0 radical (unpaired) electrons. The Hall–Kier alpha value is -1.89. The van der Waals surface area contributed by atoms with Gasteiger partial charge >= 0.3 is 0 Å². The average molecular weight is 415 g/mol. The number of ether oxygens (including phenoxy) is 1. The van der Waals surface area contributed by atoms with E-state index in [0.29, 0.717) is 25.1 Å². The molecule has 2 unspecified atom stereocenters. The van der Waals surface area contributed by atoms with Crippen molar-refractivity contribution in [3.05, 3.63) is 57.8 Å². The number of piperidine rings is 1. The minimum atomic E-state index is 0.488. The second-order valence-corrected chi connectivity index (χ2v) is 8.60. The molecule has 0 bridgehead atoms. The topological polar surface area (TPSA) is 48.9 Å². The van der Waals surface area contributed by atoms with Crippen molar-refractivity contribution >= 4 is 17.3 Å². The highest BCUT2D eigenvalue weighted by Crippen LogP contribution is 2.36. The number of aliphatic imine (C=N–C) groups is 1. The number of rotatable bonds is 8. The van der Waals surface area contributed by atoms with E-state index < -0.39 is 0 Å². The summed E-state index contributed by atoms with van der Waals surface area (Å²) in [5.74, 6) is 1.47. The quantitative estimate of drug-likeness (QED) is 0.506. The maximum Gasteiger partial charge on any atom is 0.191 e. The van der Waals surface area contributed by atoms with Crippen molar-refractivity contribution in [1.82, 2.24) is 15.5 Å². The van der Waals surface area contributed by atoms with Gasteiger partial charge in [0.15, 0.2) is 5.96 Å². The third-order valence-corrected chi connectivity index (χ3v) is 6.49.